The number of carbonyl (C=O) groups excluding carboxylic acids is 2. The van der Waals surface area contributed by atoms with Crippen LogP contribution in [0.4, 0.5) is 23.7 Å². The molecule has 8 rings (SSSR count). The number of carbonyl (C=O) groups is 2. The number of alkyl halides is 2. The third-order valence-corrected chi connectivity index (χ3v) is 10.7. The Balaban J connectivity index is 1.15. The smallest absolute Gasteiger partial charge is 0.415 e. The number of hydrogen-bond donors (Lipinski definition) is 0. The van der Waals surface area contributed by atoms with Gasteiger partial charge in [-0.3, -0.25) is 14.8 Å². The first-order chi connectivity index (χ1) is 26.1. The zero-order valence-corrected chi connectivity index (χ0v) is 30.7. The number of esters is 1. The van der Waals surface area contributed by atoms with E-state index in [9.17, 15) is 18.4 Å². The highest BCUT2D eigenvalue weighted by molar-refractivity contribution is 6.35. The van der Waals surface area contributed by atoms with Gasteiger partial charge in [-0.15, -0.1) is 0 Å². The van der Waals surface area contributed by atoms with E-state index in [0.717, 1.165) is 38.8 Å². The molecule has 3 aliphatic heterocycles. The highest BCUT2D eigenvalue weighted by Crippen LogP contribution is 2.38. The standard InChI is InChI=1S/C40H38Cl2F3N3O6/c41-30-19-46-20-31(42)29(30)18-35(27-10-11-34(53-39(44)45)36(17-27)51-23-24-8-9-24)52-38(49)28-5-3-4-25(16-28)21-48(33-7-2-1-6-32(33)43)40(50)54-37-22-47-14-12-26(37)13-15-47/h1-7,10-11,16-17,19-20,24,26,35,37,39H,8-9,12-15,18,21-23H2/t35-,37-/m0/s1. The van der Waals surface area contributed by atoms with E-state index in [1.807, 2.05) is 0 Å². The number of hydrogen-bond acceptors (Lipinski definition) is 8. The van der Waals surface area contributed by atoms with Gasteiger partial charge in [-0.1, -0.05) is 53.5 Å². The summed E-state index contributed by atoms with van der Waals surface area (Å²) >= 11 is 12.9. The number of halogens is 5. The molecule has 4 aromatic rings. The first-order valence-corrected chi connectivity index (χ1v) is 18.6. The average Bonchev–Trinajstić information content (AvgIpc) is 4.00. The molecule has 1 amide bonds. The van der Waals surface area contributed by atoms with Crippen molar-refractivity contribution in [3.8, 4) is 11.5 Å². The number of rotatable bonds is 14. The molecule has 54 heavy (non-hydrogen) atoms. The number of para-hydroxylation sites is 1. The van der Waals surface area contributed by atoms with E-state index in [2.05, 4.69) is 9.88 Å². The van der Waals surface area contributed by atoms with Crippen LogP contribution >= 0.6 is 23.2 Å². The van der Waals surface area contributed by atoms with Gasteiger partial charge in [0.1, 0.15) is 18.0 Å². The molecule has 0 radical (unpaired) electrons. The van der Waals surface area contributed by atoms with Crippen LogP contribution < -0.4 is 14.4 Å². The van der Waals surface area contributed by atoms with Crippen molar-refractivity contribution < 1.29 is 41.7 Å². The molecular weight excluding hydrogens is 746 g/mol. The maximum Gasteiger partial charge on any atom is 0.415 e. The van der Waals surface area contributed by atoms with E-state index in [0.29, 0.717) is 35.8 Å². The molecule has 1 aromatic heterocycles. The van der Waals surface area contributed by atoms with Gasteiger partial charge >= 0.3 is 18.7 Å². The number of fused-ring (bicyclic) bond motifs is 3. The average molecular weight is 785 g/mol. The predicted octanol–water partition coefficient (Wildman–Crippen LogP) is 9.30. The van der Waals surface area contributed by atoms with Crippen LogP contribution in [0.25, 0.3) is 0 Å². The van der Waals surface area contributed by atoms with Gasteiger partial charge in [0.05, 0.1) is 34.4 Å². The summed E-state index contributed by atoms with van der Waals surface area (Å²) in [6.45, 7) is -0.284. The van der Waals surface area contributed by atoms with Crippen LogP contribution in [0.2, 0.25) is 10.0 Å². The molecule has 1 saturated carbocycles. The summed E-state index contributed by atoms with van der Waals surface area (Å²) < 4.78 is 64.4. The Morgan fingerprint density at radius 2 is 1.69 bits per heavy atom. The zero-order chi connectivity index (χ0) is 37.8. The second-order valence-electron chi connectivity index (χ2n) is 13.8. The van der Waals surface area contributed by atoms with E-state index in [1.165, 1.54) is 53.7 Å². The molecule has 4 aliphatic rings. The Kier molecular flexibility index (Phi) is 11.8. The molecule has 0 spiro atoms. The Bertz CT molecular complexity index is 1960. The van der Waals surface area contributed by atoms with E-state index in [4.69, 9.17) is 42.1 Å². The van der Waals surface area contributed by atoms with Gasteiger partial charge in [-0.2, -0.15) is 8.78 Å². The highest BCUT2D eigenvalue weighted by atomic mass is 35.5. The fourth-order valence-corrected chi connectivity index (χ4v) is 7.42. The lowest BCUT2D eigenvalue weighted by Crippen LogP contribution is -2.53. The fraction of sp³-hybridized carbons (Fsp3) is 0.375. The normalized spacial score (nSPS) is 19.6. The van der Waals surface area contributed by atoms with Crippen molar-refractivity contribution in [2.24, 2.45) is 11.8 Å². The molecule has 2 bridgehead atoms. The largest absolute Gasteiger partial charge is 0.489 e. The summed E-state index contributed by atoms with van der Waals surface area (Å²) in [5, 5.41) is 0.485. The summed E-state index contributed by atoms with van der Waals surface area (Å²) in [5.74, 6) is -0.839. The zero-order valence-electron chi connectivity index (χ0n) is 29.1. The van der Waals surface area contributed by atoms with Crippen LogP contribution in [-0.2, 0) is 22.4 Å². The summed E-state index contributed by atoms with van der Waals surface area (Å²) in [7, 11) is 0. The number of ether oxygens (including phenoxy) is 4. The van der Waals surface area contributed by atoms with Crippen molar-refractivity contribution in [1.29, 1.82) is 0 Å². The SMILES string of the molecule is O=C(O[C@@H](Cc1c(Cl)cncc1Cl)c1ccc(OC(F)F)c(OCC2CC2)c1)c1cccc(CN(C(=O)O[C@H]2CN3CCC2CC3)c2ccccc2F)c1. The van der Waals surface area contributed by atoms with Crippen molar-refractivity contribution in [1.82, 2.24) is 9.88 Å². The Labute approximate surface area is 320 Å². The van der Waals surface area contributed by atoms with Crippen LogP contribution in [0.5, 0.6) is 11.5 Å². The minimum Gasteiger partial charge on any atom is -0.489 e. The van der Waals surface area contributed by atoms with Crippen molar-refractivity contribution in [2.45, 2.75) is 57.5 Å². The maximum absolute atomic E-state index is 15.2. The van der Waals surface area contributed by atoms with Gasteiger partial charge < -0.3 is 18.9 Å². The summed E-state index contributed by atoms with van der Waals surface area (Å²) in [6, 6.07) is 16.8. The third-order valence-electron chi connectivity index (χ3n) is 10.0. The predicted molar refractivity (Wildman–Crippen MR) is 196 cm³/mol. The van der Waals surface area contributed by atoms with Crippen molar-refractivity contribution in [3.05, 3.63) is 117 Å². The second kappa shape index (κ2) is 16.9. The monoisotopic (exact) mass is 783 g/mol. The molecule has 9 nitrogen and oxygen atoms in total. The number of amides is 1. The van der Waals surface area contributed by atoms with E-state index in [1.54, 1.807) is 30.3 Å². The summed E-state index contributed by atoms with van der Waals surface area (Å²) in [6.07, 6.45) is 4.65. The molecular formula is C40H38Cl2F3N3O6. The lowest BCUT2D eigenvalue weighted by atomic mass is 9.86. The Hall–Kier alpha value is -4.52. The number of nitrogens with zero attached hydrogens (tertiary/aromatic N) is 3. The minimum atomic E-state index is -3.08. The Morgan fingerprint density at radius 3 is 2.37 bits per heavy atom. The first-order valence-electron chi connectivity index (χ1n) is 17.9. The van der Waals surface area contributed by atoms with Crippen molar-refractivity contribution in [3.63, 3.8) is 0 Å². The van der Waals surface area contributed by atoms with Gasteiger partial charge in [0.2, 0.25) is 0 Å². The van der Waals surface area contributed by atoms with Gasteiger partial charge in [0.15, 0.2) is 11.5 Å². The summed E-state index contributed by atoms with van der Waals surface area (Å²) in [4.78, 5) is 35.2. The van der Waals surface area contributed by atoms with Gasteiger partial charge in [0.25, 0.3) is 0 Å². The van der Waals surface area contributed by atoms with Crippen LogP contribution in [-0.4, -0.2) is 60.9 Å². The molecule has 14 heteroatoms. The minimum absolute atomic E-state index is 0.00915. The van der Waals surface area contributed by atoms with Crippen LogP contribution in [0.3, 0.4) is 0 Å². The number of anilines is 1. The van der Waals surface area contributed by atoms with Crippen molar-refractivity contribution >= 4 is 41.0 Å². The molecule has 3 aromatic carbocycles. The molecule has 4 heterocycles. The Morgan fingerprint density at radius 1 is 0.926 bits per heavy atom. The molecule has 1 aliphatic carbocycles. The molecule has 4 fully saturated rings. The second-order valence-corrected chi connectivity index (χ2v) is 14.6. The molecule has 3 saturated heterocycles. The molecule has 0 unspecified atom stereocenters. The quantitative estimate of drug-likeness (QED) is 0.117. The van der Waals surface area contributed by atoms with Crippen LogP contribution in [0.1, 0.15) is 58.8 Å². The molecule has 2 atom stereocenters. The third kappa shape index (κ3) is 9.22. The lowest BCUT2D eigenvalue weighted by Gasteiger charge is -2.44. The summed E-state index contributed by atoms with van der Waals surface area (Å²) in [5.41, 5.74) is 1.57. The first kappa shape index (κ1) is 37.8. The van der Waals surface area contributed by atoms with Crippen molar-refractivity contribution in [2.75, 3.05) is 31.1 Å². The number of piperidine rings is 3. The number of benzene rings is 3. The van der Waals surface area contributed by atoms with E-state index in [-0.39, 0.29) is 57.8 Å². The number of aromatic nitrogens is 1. The van der Waals surface area contributed by atoms with E-state index >= 15 is 4.39 Å². The molecule has 284 valence electrons. The highest BCUT2D eigenvalue weighted by Gasteiger charge is 2.38. The van der Waals surface area contributed by atoms with E-state index < -0.39 is 30.6 Å². The van der Waals surface area contributed by atoms with Gasteiger partial charge in [0, 0.05) is 25.4 Å². The maximum atomic E-state index is 15.2. The van der Waals surface area contributed by atoms with Crippen LogP contribution in [0, 0.1) is 17.7 Å². The number of pyridine rings is 1. The topological polar surface area (TPSA) is 90.4 Å². The van der Waals surface area contributed by atoms with Crippen LogP contribution in [0.15, 0.2) is 79.1 Å². The fourth-order valence-electron chi connectivity index (χ4n) is 6.90. The lowest BCUT2D eigenvalue weighted by molar-refractivity contribution is -0.0515. The van der Waals surface area contributed by atoms with Gasteiger partial charge in [-0.25, -0.2) is 14.0 Å². The molecule has 0 N–H and O–H groups in total. The van der Waals surface area contributed by atoms with Gasteiger partial charge in [-0.05, 0) is 104 Å².